The molecule has 4 nitrogen and oxygen atoms in total. The van der Waals surface area contributed by atoms with Gasteiger partial charge >= 0.3 is 0 Å². The highest BCUT2D eigenvalue weighted by atomic mass is 16.5. The number of hydrogen-bond acceptors (Lipinski definition) is 4. The molecule has 100 valence electrons. The number of methoxy groups -OCH3 is 1. The van der Waals surface area contributed by atoms with Crippen molar-refractivity contribution in [3.63, 3.8) is 0 Å². The third-order valence-electron chi connectivity index (χ3n) is 3.60. The normalized spacial score (nSPS) is 20.1. The van der Waals surface area contributed by atoms with Crippen molar-refractivity contribution in [3.05, 3.63) is 29.3 Å². The summed E-state index contributed by atoms with van der Waals surface area (Å²) < 4.78 is 4.96. The van der Waals surface area contributed by atoms with Gasteiger partial charge in [0, 0.05) is 25.4 Å². The summed E-state index contributed by atoms with van der Waals surface area (Å²) in [7, 11) is 3.66. The molecule has 1 aromatic rings. The van der Waals surface area contributed by atoms with E-state index in [9.17, 15) is 5.11 Å². The molecule has 1 aliphatic rings. The number of anilines is 1. The number of aliphatic hydroxyl groups excluding tert-OH is 1. The Morgan fingerprint density at radius 3 is 3.06 bits per heavy atom. The van der Waals surface area contributed by atoms with Crippen molar-refractivity contribution in [1.82, 2.24) is 4.90 Å². The van der Waals surface area contributed by atoms with Gasteiger partial charge in [0.25, 0.3) is 0 Å². The Morgan fingerprint density at radius 1 is 1.56 bits per heavy atom. The molecule has 0 aliphatic heterocycles. The van der Waals surface area contributed by atoms with E-state index in [-0.39, 0.29) is 0 Å². The third kappa shape index (κ3) is 2.83. The Hall–Kier alpha value is -1.10. The lowest BCUT2D eigenvalue weighted by atomic mass is 10.1. The first-order valence-corrected chi connectivity index (χ1v) is 6.37. The Labute approximate surface area is 108 Å². The molecule has 18 heavy (non-hydrogen) atoms. The average Bonchev–Trinajstić information content (AvgIpc) is 2.71. The van der Waals surface area contributed by atoms with Gasteiger partial charge in [-0.3, -0.25) is 4.90 Å². The Bertz CT molecular complexity index is 409. The van der Waals surface area contributed by atoms with Crippen LogP contribution < -0.4 is 5.73 Å². The highest BCUT2D eigenvalue weighted by molar-refractivity contribution is 5.47. The predicted molar refractivity (Wildman–Crippen MR) is 72.4 cm³/mol. The number of hydrogen-bond donors (Lipinski definition) is 2. The van der Waals surface area contributed by atoms with Gasteiger partial charge in [-0.2, -0.15) is 0 Å². The van der Waals surface area contributed by atoms with Crippen LogP contribution in [0.25, 0.3) is 0 Å². The summed E-state index contributed by atoms with van der Waals surface area (Å²) in [5.41, 5.74) is 9.32. The number of aliphatic hydroxyl groups is 1. The standard InChI is InChI=1S/C14H22N2O2/c1-16(8-12(17)9-18-2)14-6-3-10-7-11(15)4-5-13(10)14/h4-5,7,12,14,17H,3,6,8-9,15H2,1-2H3. The van der Waals surface area contributed by atoms with Gasteiger partial charge in [0.2, 0.25) is 0 Å². The van der Waals surface area contributed by atoms with Crippen molar-refractivity contribution in [2.45, 2.75) is 25.0 Å². The van der Waals surface area contributed by atoms with Gasteiger partial charge in [0.15, 0.2) is 0 Å². The first-order chi connectivity index (χ1) is 8.61. The van der Waals surface area contributed by atoms with Gasteiger partial charge in [-0.1, -0.05) is 6.07 Å². The molecular formula is C14H22N2O2. The number of ether oxygens (including phenoxy) is 1. The minimum absolute atomic E-state index is 0.381. The van der Waals surface area contributed by atoms with E-state index in [1.165, 1.54) is 11.1 Å². The van der Waals surface area contributed by atoms with Crippen LogP contribution in [-0.2, 0) is 11.2 Å². The first kappa shape index (κ1) is 13.3. The molecule has 0 saturated carbocycles. The summed E-state index contributed by atoms with van der Waals surface area (Å²) in [6, 6.07) is 6.51. The van der Waals surface area contributed by atoms with E-state index >= 15 is 0 Å². The smallest absolute Gasteiger partial charge is 0.0900 e. The molecule has 0 aromatic heterocycles. The fourth-order valence-corrected chi connectivity index (χ4v) is 2.78. The number of nitrogen functional groups attached to an aromatic ring is 1. The summed E-state index contributed by atoms with van der Waals surface area (Å²) in [4.78, 5) is 2.20. The summed E-state index contributed by atoms with van der Waals surface area (Å²) in [6.07, 6.45) is 1.72. The maximum absolute atomic E-state index is 9.79. The molecule has 2 unspecified atom stereocenters. The summed E-state index contributed by atoms with van der Waals surface area (Å²) in [5.74, 6) is 0. The molecule has 0 spiro atoms. The summed E-state index contributed by atoms with van der Waals surface area (Å²) in [6.45, 7) is 1.01. The summed E-state index contributed by atoms with van der Waals surface area (Å²) >= 11 is 0. The van der Waals surface area contributed by atoms with Crippen molar-refractivity contribution in [1.29, 1.82) is 0 Å². The highest BCUT2D eigenvalue weighted by Crippen LogP contribution is 2.35. The number of fused-ring (bicyclic) bond motifs is 1. The number of aryl methyl sites for hydroxylation is 1. The van der Waals surface area contributed by atoms with Gasteiger partial charge < -0.3 is 15.6 Å². The Morgan fingerprint density at radius 2 is 2.33 bits per heavy atom. The largest absolute Gasteiger partial charge is 0.399 e. The zero-order chi connectivity index (χ0) is 13.1. The van der Waals surface area contributed by atoms with Gasteiger partial charge in [-0.15, -0.1) is 0 Å². The zero-order valence-corrected chi connectivity index (χ0v) is 11.1. The molecule has 0 fully saturated rings. The number of benzene rings is 1. The molecule has 2 atom stereocenters. The van der Waals surface area contributed by atoms with Crippen LogP contribution in [-0.4, -0.2) is 43.4 Å². The van der Waals surface area contributed by atoms with E-state index in [0.717, 1.165) is 18.5 Å². The van der Waals surface area contributed by atoms with Crippen molar-refractivity contribution < 1.29 is 9.84 Å². The van der Waals surface area contributed by atoms with Crippen LogP contribution >= 0.6 is 0 Å². The van der Waals surface area contributed by atoms with Crippen LogP contribution in [0.5, 0.6) is 0 Å². The molecule has 0 amide bonds. The van der Waals surface area contributed by atoms with Crippen molar-refractivity contribution in [3.8, 4) is 0 Å². The highest BCUT2D eigenvalue weighted by Gasteiger charge is 2.26. The molecule has 0 heterocycles. The second kappa shape index (κ2) is 5.69. The molecule has 0 radical (unpaired) electrons. The fraction of sp³-hybridized carbons (Fsp3) is 0.571. The number of rotatable bonds is 5. The van der Waals surface area contributed by atoms with Crippen LogP contribution in [0.2, 0.25) is 0 Å². The zero-order valence-electron chi connectivity index (χ0n) is 11.1. The number of nitrogens with two attached hydrogens (primary N) is 1. The molecule has 2 rings (SSSR count). The van der Waals surface area contributed by atoms with Crippen LogP contribution in [0.15, 0.2) is 18.2 Å². The van der Waals surface area contributed by atoms with Crippen molar-refractivity contribution >= 4 is 5.69 Å². The first-order valence-electron chi connectivity index (χ1n) is 6.37. The lowest BCUT2D eigenvalue weighted by Crippen LogP contribution is -2.34. The second-order valence-electron chi connectivity index (χ2n) is 5.06. The van der Waals surface area contributed by atoms with Gasteiger partial charge in [-0.05, 0) is 43.1 Å². The number of nitrogens with zero attached hydrogens (tertiary/aromatic N) is 1. The van der Waals surface area contributed by atoms with E-state index < -0.39 is 6.10 Å². The van der Waals surface area contributed by atoms with Crippen LogP contribution in [0, 0.1) is 0 Å². The topological polar surface area (TPSA) is 58.7 Å². The predicted octanol–water partition coefficient (Wildman–Crippen LogP) is 1.20. The van der Waals surface area contributed by atoms with Gasteiger partial charge in [0.1, 0.15) is 0 Å². The molecule has 1 aromatic carbocycles. The molecule has 0 bridgehead atoms. The Balaban J connectivity index is 2.04. The van der Waals surface area contributed by atoms with E-state index in [4.69, 9.17) is 10.5 Å². The molecule has 1 aliphatic carbocycles. The van der Waals surface area contributed by atoms with Crippen LogP contribution in [0.3, 0.4) is 0 Å². The van der Waals surface area contributed by atoms with E-state index in [0.29, 0.717) is 19.2 Å². The molecule has 0 saturated heterocycles. The average molecular weight is 250 g/mol. The van der Waals surface area contributed by atoms with E-state index in [2.05, 4.69) is 24.1 Å². The quantitative estimate of drug-likeness (QED) is 0.771. The van der Waals surface area contributed by atoms with Gasteiger partial charge in [-0.25, -0.2) is 0 Å². The molecular weight excluding hydrogens is 228 g/mol. The fourth-order valence-electron chi connectivity index (χ4n) is 2.78. The third-order valence-corrected chi connectivity index (χ3v) is 3.60. The lowest BCUT2D eigenvalue weighted by Gasteiger charge is -2.27. The minimum Gasteiger partial charge on any atom is -0.399 e. The SMILES string of the molecule is COCC(O)CN(C)C1CCc2cc(N)ccc21. The number of likely N-dealkylation sites (N-methyl/N-ethyl adjacent to an activating group) is 1. The van der Waals surface area contributed by atoms with Crippen LogP contribution in [0.4, 0.5) is 5.69 Å². The van der Waals surface area contributed by atoms with Crippen molar-refractivity contribution in [2.24, 2.45) is 0 Å². The molecule has 4 heteroatoms. The second-order valence-corrected chi connectivity index (χ2v) is 5.06. The van der Waals surface area contributed by atoms with Crippen molar-refractivity contribution in [2.75, 3.05) is 33.0 Å². The van der Waals surface area contributed by atoms with Crippen LogP contribution in [0.1, 0.15) is 23.6 Å². The monoisotopic (exact) mass is 250 g/mol. The molecule has 3 N–H and O–H groups in total. The van der Waals surface area contributed by atoms with E-state index in [1.54, 1.807) is 7.11 Å². The summed E-state index contributed by atoms with van der Waals surface area (Å²) in [5, 5.41) is 9.79. The minimum atomic E-state index is -0.433. The maximum Gasteiger partial charge on any atom is 0.0900 e. The van der Waals surface area contributed by atoms with Gasteiger partial charge in [0.05, 0.1) is 12.7 Å². The maximum atomic E-state index is 9.79. The lowest BCUT2D eigenvalue weighted by molar-refractivity contribution is 0.0341. The van der Waals surface area contributed by atoms with E-state index in [1.807, 2.05) is 6.07 Å². The Kier molecular flexibility index (Phi) is 4.22.